The third kappa shape index (κ3) is 1.92. The van der Waals surface area contributed by atoms with E-state index < -0.39 is 0 Å². The van der Waals surface area contributed by atoms with E-state index in [4.69, 9.17) is 0 Å². The zero-order chi connectivity index (χ0) is 13.6. The third-order valence-electron chi connectivity index (χ3n) is 4.18. The number of benzene rings is 1. The van der Waals surface area contributed by atoms with E-state index in [9.17, 15) is 4.79 Å². The van der Waals surface area contributed by atoms with Gasteiger partial charge in [-0.05, 0) is 37.6 Å². The maximum atomic E-state index is 12.4. The number of aryl methyl sites for hydroxylation is 2. The minimum atomic E-state index is 0.103. The van der Waals surface area contributed by atoms with E-state index in [1.165, 1.54) is 5.56 Å². The number of nitrogens with zero attached hydrogens (tertiary/aromatic N) is 1. The first-order chi connectivity index (χ1) is 9.08. The van der Waals surface area contributed by atoms with Crippen LogP contribution in [0.5, 0.6) is 0 Å². The average Bonchev–Trinajstić information content (AvgIpc) is 2.62. The number of nitrogens with one attached hydrogen (secondary N) is 2. The monoisotopic (exact) mass is 257 g/mol. The van der Waals surface area contributed by atoms with Crippen molar-refractivity contribution in [2.24, 2.45) is 0 Å². The summed E-state index contributed by atoms with van der Waals surface area (Å²) in [7, 11) is 1.88. The quantitative estimate of drug-likeness (QED) is 0.862. The van der Waals surface area contributed by atoms with Gasteiger partial charge in [0.2, 0.25) is 0 Å². The van der Waals surface area contributed by atoms with Gasteiger partial charge in [0.25, 0.3) is 5.91 Å². The molecule has 0 saturated carbocycles. The fourth-order valence-electron chi connectivity index (χ4n) is 2.51. The summed E-state index contributed by atoms with van der Waals surface area (Å²) >= 11 is 0. The van der Waals surface area contributed by atoms with Gasteiger partial charge < -0.3 is 15.2 Å². The molecular weight excluding hydrogens is 238 g/mol. The van der Waals surface area contributed by atoms with Crippen LogP contribution in [0, 0.1) is 13.8 Å². The summed E-state index contributed by atoms with van der Waals surface area (Å²) in [6.45, 7) is 5.94. The minimum Gasteiger partial charge on any atom is -0.358 e. The number of carbonyl (C=O) groups is 1. The highest BCUT2D eigenvalue weighted by molar-refractivity contribution is 5.99. The highest BCUT2D eigenvalue weighted by atomic mass is 16.2. The molecule has 3 rings (SSSR count). The molecule has 0 spiro atoms. The molecule has 1 fully saturated rings. The van der Waals surface area contributed by atoms with Crippen LogP contribution in [0.4, 0.5) is 0 Å². The maximum absolute atomic E-state index is 12.4. The number of amides is 1. The van der Waals surface area contributed by atoms with Crippen LogP contribution >= 0.6 is 0 Å². The summed E-state index contributed by atoms with van der Waals surface area (Å²) in [6.07, 6.45) is 0. The number of H-pyrrole nitrogens is 1. The second-order valence-electron chi connectivity index (χ2n) is 5.36. The molecule has 4 heteroatoms. The third-order valence-corrected chi connectivity index (χ3v) is 4.18. The van der Waals surface area contributed by atoms with Gasteiger partial charge in [-0.2, -0.15) is 0 Å². The standard InChI is InChI=1S/C15H19N3O/c1-9-10(2)17-14-5-4-11(6-13(9)14)15(19)18(3)12-7-16-8-12/h4-6,12,16-17H,7-8H2,1-3H3. The van der Waals surface area contributed by atoms with E-state index in [1.807, 2.05) is 30.1 Å². The molecular formula is C15H19N3O. The highest BCUT2D eigenvalue weighted by Crippen LogP contribution is 2.23. The largest absolute Gasteiger partial charge is 0.358 e. The Kier molecular flexibility index (Phi) is 2.82. The number of carbonyl (C=O) groups excluding carboxylic acids is 1. The van der Waals surface area contributed by atoms with Crippen molar-refractivity contribution in [1.82, 2.24) is 15.2 Å². The van der Waals surface area contributed by atoms with Crippen molar-refractivity contribution in [2.45, 2.75) is 19.9 Å². The van der Waals surface area contributed by atoms with Crippen molar-refractivity contribution in [1.29, 1.82) is 0 Å². The molecule has 100 valence electrons. The summed E-state index contributed by atoms with van der Waals surface area (Å²) in [5, 5.41) is 4.33. The van der Waals surface area contributed by atoms with Crippen LogP contribution in [0.15, 0.2) is 18.2 Å². The second-order valence-corrected chi connectivity index (χ2v) is 5.36. The first-order valence-corrected chi connectivity index (χ1v) is 6.64. The van der Waals surface area contributed by atoms with Crippen LogP contribution in [0.1, 0.15) is 21.6 Å². The van der Waals surface area contributed by atoms with Crippen molar-refractivity contribution in [3.63, 3.8) is 0 Å². The molecule has 4 nitrogen and oxygen atoms in total. The Morgan fingerprint density at radius 3 is 2.68 bits per heavy atom. The van der Waals surface area contributed by atoms with Crippen LogP contribution in [-0.4, -0.2) is 42.0 Å². The van der Waals surface area contributed by atoms with Gasteiger partial charge in [0.15, 0.2) is 0 Å². The molecule has 0 radical (unpaired) electrons. The number of aromatic nitrogens is 1. The number of hydrogen-bond donors (Lipinski definition) is 2. The van der Waals surface area contributed by atoms with Crippen molar-refractivity contribution in [3.05, 3.63) is 35.0 Å². The predicted octanol–water partition coefficient (Wildman–Crippen LogP) is 1.83. The lowest BCUT2D eigenvalue weighted by atomic mass is 10.1. The van der Waals surface area contributed by atoms with Crippen molar-refractivity contribution >= 4 is 16.8 Å². The Balaban J connectivity index is 1.95. The highest BCUT2D eigenvalue weighted by Gasteiger charge is 2.26. The fraction of sp³-hybridized carbons (Fsp3) is 0.400. The van der Waals surface area contributed by atoms with E-state index in [1.54, 1.807) is 0 Å². The summed E-state index contributed by atoms with van der Waals surface area (Å²) < 4.78 is 0. The lowest BCUT2D eigenvalue weighted by Crippen LogP contribution is -2.57. The number of aromatic amines is 1. The van der Waals surface area contributed by atoms with E-state index in [0.29, 0.717) is 6.04 Å². The maximum Gasteiger partial charge on any atom is 0.253 e. The van der Waals surface area contributed by atoms with Crippen LogP contribution in [-0.2, 0) is 0 Å². The zero-order valence-corrected chi connectivity index (χ0v) is 11.6. The van der Waals surface area contributed by atoms with Gasteiger partial charge in [0.05, 0.1) is 6.04 Å². The van der Waals surface area contributed by atoms with Crippen LogP contribution in [0.3, 0.4) is 0 Å². The van der Waals surface area contributed by atoms with Gasteiger partial charge in [-0.25, -0.2) is 0 Å². The van der Waals surface area contributed by atoms with Gasteiger partial charge in [0, 0.05) is 42.3 Å². The summed E-state index contributed by atoms with van der Waals surface area (Å²) in [6, 6.07) is 6.23. The lowest BCUT2D eigenvalue weighted by Gasteiger charge is -2.35. The fourth-order valence-corrected chi connectivity index (χ4v) is 2.51. The average molecular weight is 257 g/mol. The Morgan fingerprint density at radius 1 is 1.32 bits per heavy atom. The first-order valence-electron chi connectivity index (χ1n) is 6.64. The Bertz CT molecular complexity index is 640. The molecule has 0 unspecified atom stereocenters. The minimum absolute atomic E-state index is 0.103. The number of likely N-dealkylation sites (N-methyl/N-ethyl adjacent to an activating group) is 1. The van der Waals surface area contributed by atoms with Crippen molar-refractivity contribution in [2.75, 3.05) is 20.1 Å². The number of hydrogen-bond acceptors (Lipinski definition) is 2. The normalized spacial score (nSPS) is 15.5. The van der Waals surface area contributed by atoms with Crippen molar-refractivity contribution in [3.8, 4) is 0 Å². The van der Waals surface area contributed by atoms with Gasteiger partial charge in [-0.3, -0.25) is 4.79 Å². The molecule has 0 aliphatic carbocycles. The molecule has 2 heterocycles. The smallest absolute Gasteiger partial charge is 0.253 e. The van der Waals surface area contributed by atoms with Gasteiger partial charge in [0.1, 0.15) is 0 Å². The molecule has 0 atom stereocenters. The van der Waals surface area contributed by atoms with E-state index in [0.717, 1.165) is 35.2 Å². The number of fused-ring (bicyclic) bond motifs is 1. The molecule has 0 bridgehead atoms. The molecule has 1 saturated heterocycles. The molecule has 19 heavy (non-hydrogen) atoms. The summed E-state index contributed by atoms with van der Waals surface area (Å²) in [5.74, 6) is 0.103. The predicted molar refractivity (Wildman–Crippen MR) is 76.5 cm³/mol. The summed E-state index contributed by atoms with van der Waals surface area (Å²) in [4.78, 5) is 17.6. The zero-order valence-electron chi connectivity index (χ0n) is 11.6. The Morgan fingerprint density at radius 2 is 2.05 bits per heavy atom. The van der Waals surface area contributed by atoms with Crippen LogP contribution in [0.25, 0.3) is 10.9 Å². The molecule has 1 amide bonds. The van der Waals surface area contributed by atoms with Crippen molar-refractivity contribution < 1.29 is 4.79 Å². The molecule has 1 aliphatic rings. The Hall–Kier alpha value is -1.81. The van der Waals surface area contributed by atoms with Crippen LogP contribution < -0.4 is 5.32 Å². The molecule has 1 aromatic carbocycles. The second kappa shape index (κ2) is 4.38. The first kappa shape index (κ1) is 12.2. The van der Waals surface area contributed by atoms with Gasteiger partial charge in [-0.1, -0.05) is 0 Å². The summed E-state index contributed by atoms with van der Waals surface area (Å²) in [5.41, 5.74) is 4.25. The van der Waals surface area contributed by atoms with E-state index in [2.05, 4.69) is 24.1 Å². The van der Waals surface area contributed by atoms with E-state index in [-0.39, 0.29) is 5.91 Å². The lowest BCUT2D eigenvalue weighted by molar-refractivity contribution is 0.0681. The van der Waals surface area contributed by atoms with Gasteiger partial charge in [-0.15, -0.1) is 0 Å². The Labute approximate surface area is 112 Å². The molecule has 1 aromatic heterocycles. The topological polar surface area (TPSA) is 48.1 Å². The van der Waals surface area contributed by atoms with Crippen LogP contribution in [0.2, 0.25) is 0 Å². The molecule has 2 N–H and O–H groups in total. The van der Waals surface area contributed by atoms with Gasteiger partial charge >= 0.3 is 0 Å². The SMILES string of the molecule is Cc1[nH]c2ccc(C(=O)N(C)C3CNC3)cc2c1C. The molecule has 1 aliphatic heterocycles. The number of rotatable bonds is 2. The molecule has 2 aromatic rings. The van der Waals surface area contributed by atoms with E-state index >= 15 is 0 Å².